The number of halogens is 2. The lowest BCUT2D eigenvalue weighted by atomic mass is 10.0. The molecule has 1 aliphatic heterocycles. The highest BCUT2D eigenvalue weighted by atomic mass is 32.1. The highest BCUT2D eigenvalue weighted by molar-refractivity contribution is 7.15. The number of amides is 2. The predicted octanol–water partition coefficient (Wildman–Crippen LogP) is 3.39. The van der Waals surface area contributed by atoms with Crippen LogP contribution in [0, 0.1) is 11.6 Å². The van der Waals surface area contributed by atoms with E-state index in [4.69, 9.17) is 4.74 Å². The van der Waals surface area contributed by atoms with Gasteiger partial charge in [-0.05, 0) is 30.9 Å². The molecule has 6 nitrogen and oxygen atoms in total. The fourth-order valence-electron chi connectivity index (χ4n) is 3.20. The number of benzene rings is 1. The maximum absolute atomic E-state index is 13.8. The van der Waals surface area contributed by atoms with Crippen molar-refractivity contribution in [3.63, 3.8) is 0 Å². The van der Waals surface area contributed by atoms with Gasteiger partial charge in [-0.2, -0.15) is 0 Å². The Balaban J connectivity index is 1.30. The van der Waals surface area contributed by atoms with Crippen molar-refractivity contribution in [3.8, 4) is 0 Å². The van der Waals surface area contributed by atoms with Crippen molar-refractivity contribution in [3.05, 3.63) is 40.4 Å². The van der Waals surface area contributed by atoms with E-state index in [1.165, 1.54) is 23.5 Å². The van der Waals surface area contributed by atoms with Gasteiger partial charge in [0.15, 0.2) is 0 Å². The van der Waals surface area contributed by atoms with Crippen LogP contribution in [-0.4, -0.2) is 35.5 Å². The van der Waals surface area contributed by atoms with E-state index in [2.05, 4.69) is 20.8 Å². The van der Waals surface area contributed by atoms with Crippen LogP contribution in [0.15, 0.2) is 18.2 Å². The Morgan fingerprint density at radius 3 is 2.81 bits per heavy atom. The van der Waals surface area contributed by atoms with Crippen LogP contribution in [0.4, 0.5) is 18.7 Å². The topological polar surface area (TPSA) is 76.1 Å². The molecule has 138 valence electrons. The van der Waals surface area contributed by atoms with Crippen molar-refractivity contribution < 1.29 is 18.3 Å². The third kappa shape index (κ3) is 3.83. The van der Waals surface area contributed by atoms with Gasteiger partial charge >= 0.3 is 6.03 Å². The number of hydrogen-bond acceptors (Lipinski definition) is 5. The van der Waals surface area contributed by atoms with Crippen molar-refractivity contribution in [2.45, 2.75) is 37.1 Å². The molecule has 2 heterocycles. The number of nitrogens with zero attached hydrogens (tertiary/aromatic N) is 2. The molecule has 2 fully saturated rings. The van der Waals surface area contributed by atoms with Crippen LogP contribution in [-0.2, 0) is 4.74 Å². The summed E-state index contributed by atoms with van der Waals surface area (Å²) in [4.78, 5) is 12.1. The van der Waals surface area contributed by atoms with Crippen molar-refractivity contribution in [1.82, 2.24) is 15.5 Å². The number of carbonyl (C=O) groups excluding carboxylic acids is 1. The summed E-state index contributed by atoms with van der Waals surface area (Å²) in [5.74, 6) is -0.988. The number of ether oxygens (including phenoxy) is 1. The maximum Gasteiger partial charge on any atom is 0.321 e. The molecular formula is C17H18F2N4O2S. The predicted molar refractivity (Wildman–Crippen MR) is 92.4 cm³/mol. The van der Waals surface area contributed by atoms with E-state index < -0.39 is 17.7 Å². The second kappa shape index (κ2) is 7.24. The minimum absolute atomic E-state index is 0.131. The van der Waals surface area contributed by atoms with Crippen LogP contribution in [0.2, 0.25) is 0 Å². The van der Waals surface area contributed by atoms with Crippen LogP contribution < -0.4 is 10.6 Å². The second-order valence-electron chi connectivity index (χ2n) is 6.55. The molecular weight excluding hydrogens is 362 g/mol. The summed E-state index contributed by atoms with van der Waals surface area (Å²) in [6.07, 6.45) is 2.45. The lowest BCUT2D eigenvalue weighted by Crippen LogP contribution is -2.31. The molecule has 0 spiro atoms. The molecule has 1 aliphatic carbocycles. The van der Waals surface area contributed by atoms with Gasteiger partial charge in [0.1, 0.15) is 16.6 Å². The van der Waals surface area contributed by atoms with E-state index in [9.17, 15) is 13.6 Å². The molecule has 26 heavy (non-hydrogen) atoms. The first kappa shape index (κ1) is 17.3. The average molecular weight is 380 g/mol. The van der Waals surface area contributed by atoms with E-state index in [1.54, 1.807) is 0 Å². The molecule has 1 aromatic carbocycles. The lowest BCUT2D eigenvalue weighted by molar-refractivity contribution is 0.0851. The summed E-state index contributed by atoms with van der Waals surface area (Å²) in [5, 5.41) is 15.0. The van der Waals surface area contributed by atoms with Crippen molar-refractivity contribution in [1.29, 1.82) is 0 Å². The van der Waals surface area contributed by atoms with Gasteiger partial charge in [-0.25, -0.2) is 13.6 Å². The van der Waals surface area contributed by atoms with Crippen molar-refractivity contribution in [2.75, 3.05) is 18.5 Å². The van der Waals surface area contributed by atoms with Gasteiger partial charge in [-0.1, -0.05) is 17.4 Å². The van der Waals surface area contributed by atoms with Crippen molar-refractivity contribution >= 4 is 22.5 Å². The quantitative estimate of drug-likeness (QED) is 0.853. The summed E-state index contributed by atoms with van der Waals surface area (Å²) in [6.45, 7) is 1.44. The summed E-state index contributed by atoms with van der Waals surface area (Å²) in [6, 6.07) is 2.96. The number of rotatable bonds is 4. The molecule has 0 radical (unpaired) electrons. The molecule has 0 bridgehead atoms. The van der Waals surface area contributed by atoms with Crippen molar-refractivity contribution in [2.24, 2.45) is 0 Å². The largest absolute Gasteiger partial charge is 0.381 e. The smallest absolute Gasteiger partial charge is 0.321 e. The molecule has 4 rings (SSSR count). The van der Waals surface area contributed by atoms with Gasteiger partial charge < -0.3 is 10.1 Å². The lowest BCUT2D eigenvalue weighted by Gasteiger charge is -2.18. The summed E-state index contributed by atoms with van der Waals surface area (Å²) in [5.41, 5.74) is 0.425. The molecule has 2 aliphatic rings. The Hall–Kier alpha value is -2.13. The normalized spacial score (nSPS) is 22.8. The van der Waals surface area contributed by atoms with Gasteiger partial charge in [0.2, 0.25) is 5.13 Å². The number of anilines is 1. The Bertz CT molecular complexity index is 810. The Morgan fingerprint density at radius 1 is 1.23 bits per heavy atom. The molecule has 2 aromatic rings. The second-order valence-corrected chi connectivity index (χ2v) is 7.55. The van der Waals surface area contributed by atoms with E-state index in [0.29, 0.717) is 23.0 Å². The van der Waals surface area contributed by atoms with Crippen LogP contribution in [0.25, 0.3) is 0 Å². The Labute approximate surface area is 153 Å². The number of nitrogens with one attached hydrogen (secondary N) is 2. The van der Waals surface area contributed by atoms with E-state index in [0.717, 1.165) is 37.1 Å². The first-order chi connectivity index (χ1) is 12.6. The summed E-state index contributed by atoms with van der Waals surface area (Å²) >= 11 is 1.37. The monoisotopic (exact) mass is 380 g/mol. The maximum atomic E-state index is 13.8. The third-order valence-corrected chi connectivity index (χ3v) is 5.70. The zero-order valence-corrected chi connectivity index (χ0v) is 14.7. The zero-order chi connectivity index (χ0) is 18.1. The molecule has 2 amide bonds. The number of aromatic nitrogens is 2. The highest BCUT2D eigenvalue weighted by Crippen LogP contribution is 2.42. The Morgan fingerprint density at radius 2 is 2.04 bits per heavy atom. The van der Waals surface area contributed by atoms with Gasteiger partial charge in [-0.3, -0.25) is 5.32 Å². The SMILES string of the molecule is O=C(Nc1nnc(C2CCOCC2)s1)N[C@@H]1C[C@H]1c1ccc(F)cc1F. The molecule has 2 N–H and O–H groups in total. The number of carbonyl (C=O) groups is 1. The summed E-state index contributed by atoms with van der Waals surface area (Å²) < 4.78 is 32.1. The molecule has 1 saturated carbocycles. The highest BCUT2D eigenvalue weighted by Gasteiger charge is 2.41. The van der Waals surface area contributed by atoms with Gasteiger partial charge in [0, 0.05) is 37.2 Å². The Kier molecular flexibility index (Phi) is 4.82. The molecule has 1 aromatic heterocycles. The average Bonchev–Trinajstić information content (AvgIpc) is 3.20. The van der Waals surface area contributed by atoms with Gasteiger partial charge in [-0.15, -0.1) is 10.2 Å². The summed E-state index contributed by atoms with van der Waals surface area (Å²) in [7, 11) is 0. The number of hydrogen-bond donors (Lipinski definition) is 2. The molecule has 9 heteroatoms. The zero-order valence-electron chi connectivity index (χ0n) is 13.9. The number of urea groups is 1. The molecule has 1 saturated heterocycles. The van der Waals surface area contributed by atoms with Crippen LogP contribution in [0.5, 0.6) is 0 Å². The van der Waals surface area contributed by atoms with E-state index in [1.807, 2.05) is 0 Å². The first-order valence-corrected chi connectivity index (χ1v) is 9.35. The van der Waals surface area contributed by atoms with Gasteiger partial charge in [0.05, 0.1) is 0 Å². The van der Waals surface area contributed by atoms with Crippen LogP contribution >= 0.6 is 11.3 Å². The van der Waals surface area contributed by atoms with Gasteiger partial charge in [0.25, 0.3) is 0 Å². The minimum Gasteiger partial charge on any atom is -0.381 e. The minimum atomic E-state index is -0.606. The standard InChI is InChI=1S/C17H18F2N4O2S/c18-10-1-2-11(13(19)7-10)12-8-14(12)20-16(24)21-17-23-22-15(26-17)9-3-5-25-6-4-9/h1-2,7,9,12,14H,3-6,8H2,(H2,20,21,23,24)/t12-,14+/m0/s1. The molecule has 2 atom stereocenters. The van der Waals surface area contributed by atoms with Crippen LogP contribution in [0.1, 0.15) is 41.7 Å². The molecule has 0 unspecified atom stereocenters. The van der Waals surface area contributed by atoms with E-state index >= 15 is 0 Å². The van der Waals surface area contributed by atoms with Crippen LogP contribution in [0.3, 0.4) is 0 Å². The third-order valence-electron chi connectivity index (χ3n) is 4.70. The van der Waals surface area contributed by atoms with E-state index in [-0.39, 0.29) is 12.0 Å². The fourth-order valence-corrected chi connectivity index (χ4v) is 4.10. The fraction of sp³-hybridized carbons (Fsp3) is 0.471. The first-order valence-electron chi connectivity index (χ1n) is 8.54.